The van der Waals surface area contributed by atoms with Gasteiger partial charge in [0.15, 0.2) is 0 Å². The second kappa shape index (κ2) is 40.3. The molecule has 6 aromatic carbocycles. The number of benzene rings is 6. The van der Waals surface area contributed by atoms with Crippen molar-refractivity contribution in [3.8, 4) is 17.2 Å². The highest BCUT2D eigenvalue weighted by Crippen LogP contribution is 2.56. The van der Waals surface area contributed by atoms with Crippen LogP contribution in [0.3, 0.4) is 0 Å². The number of hydrogen-bond donors (Lipinski definition) is 6. The maximum atomic E-state index is 13.5. The number of aryl methyl sites for hydroxylation is 3. The Hall–Kier alpha value is -6.99. The molecule has 6 aliphatic carbocycles. The van der Waals surface area contributed by atoms with Gasteiger partial charge in [0.2, 0.25) is 30.1 Å². The van der Waals surface area contributed by atoms with Crippen LogP contribution < -0.4 is 43.1 Å². The molecule has 24 nitrogen and oxygen atoms in total. The van der Waals surface area contributed by atoms with E-state index in [1.165, 1.54) is 33.4 Å². The van der Waals surface area contributed by atoms with E-state index in [0.717, 1.165) is 207 Å². The third-order valence-electron chi connectivity index (χ3n) is 37.4. The summed E-state index contributed by atoms with van der Waals surface area (Å²) in [4.78, 5) is 55.0. The molecule has 6 aromatic rings. The minimum absolute atomic E-state index is 0.137. The molecule has 21 rings (SSSR count). The number of fused-ring (bicyclic) bond motifs is 12. The van der Waals surface area contributed by atoms with Gasteiger partial charge in [0, 0.05) is 146 Å². The Bertz CT molecular complexity index is 5600. The van der Waals surface area contributed by atoms with Crippen molar-refractivity contribution in [2.45, 2.75) is 286 Å². The number of nitrogens with one attached hydrogen (secondary N) is 3. The highest BCUT2D eigenvalue weighted by atomic mass is 35.5. The average molecular weight is 2100 g/mol. The van der Waals surface area contributed by atoms with Gasteiger partial charge in [0.25, 0.3) is 17.7 Å². The normalized spacial score (nSPS) is 34.8. The Morgan fingerprint density at radius 3 is 0.847 bits per heavy atom. The van der Waals surface area contributed by atoms with Crippen LogP contribution in [0.25, 0.3) is 0 Å². The highest BCUT2D eigenvalue weighted by Gasteiger charge is 2.57. The van der Waals surface area contributed by atoms with Crippen molar-refractivity contribution in [2.75, 3.05) is 133 Å². The number of halogens is 3. The second-order valence-corrected chi connectivity index (χ2v) is 57.5. The number of β-amino-alcohol motifs (C(OH)–C–C–N with tert-alkyl or cyclic N) is 3. The van der Waals surface area contributed by atoms with E-state index in [0.29, 0.717) is 132 Å². The highest BCUT2D eigenvalue weighted by molar-refractivity contribution is 7.91. The summed E-state index contributed by atoms with van der Waals surface area (Å²) in [6.45, 7) is 38.1. The number of aliphatic hydroxyl groups is 3. The van der Waals surface area contributed by atoms with Gasteiger partial charge in [-0.05, 0) is 349 Å². The summed E-state index contributed by atoms with van der Waals surface area (Å²) in [5.41, 5.74) is 8.34. The molecule has 18 atom stereocenters. The molecule has 3 saturated heterocycles. The first kappa shape index (κ1) is 105. The van der Waals surface area contributed by atoms with Crippen LogP contribution >= 0.6 is 34.8 Å². The van der Waals surface area contributed by atoms with E-state index in [1.54, 1.807) is 39.0 Å². The molecule has 0 unspecified atom stereocenters. The summed E-state index contributed by atoms with van der Waals surface area (Å²) in [5, 5.41) is 37.8. The van der Waals surface area contributed by atoms with Crippen molar-refractivity contribution in [2.24, 2.45) is 69.5 Å². The van der Waals surface area contributed by atoms with Gasteiger partial charge < -0.3 is 44.2 Å². The number of carbonyl (C=O) groups excluding carboxylic acids is 3. The number of likely N-dealkylation sites (tertiary alicyclic amines) is 3. The van der Waals surface area contributed by atoms with Crippen LogP contribution in [0.15, 0.2) is 109 Å². The summed E-state index contributed by atoms with van der Waals surface area (Å²) >= 11 is 19.4. The molecule has 9 heterocycles. The molecule has 6 bridgehead atoms. The smallest absolute Gasteiger partial charge is 0.264 e. The Kier molecular flexibility index (Phi) is 29.5. The molecule has 6 N–H and O–H groups in total. The lowest BCUT2D eigenvalue weighted by molar-refractivity contribution is -0.128. The van der Waals surface area contributed by atoms with Gasteiger partial charge in [-0.3, -0.25) is 29.1 Å². The zero-order chi connectivity index (χ0) is 102. The number of rotatable bonds is 6. The lowest BCUT2D eigenvalue weighted by atomic mass is 9.62. The number of hydrogen-bond acceptors (Lipinski definition) is 21. The Morgan fingerprint density at radius 2 is 0.604 bits per heavy atom. The fraction of sp³-hybridized carbons (Fsp3) is 0.658. The predicted molar refractivity (Wildman–Crippen MR) is 571 cm³/mol. The van der Waals surface area contributed by atoms with Crippen LogP contribution in [-0.4, -0.2) is 224 Å². The molecule has 30 heteroatoms. The van der Waals surface area contributed by atoms with E-state index >= 15 is 0 Å². The first-order valence-corrected chi connectivity index (χ1v) is 59.7. The van der Waals surface area contributed by atoms with Crippen molar-refractivity contribution in [1.29, 1.82) is 0 Å². The SMILES string of the molecule is C[C@@H]1[C@@H](C)CCC[C@@](O)(CN2CC(C)(C)C2)[C@@H]2CC[C@H]2CN2C[C@@]3(CCCc4cc(Cl)ccc43)COc3ccc(cc32)C(=O)NS1(=O)=O.C[C@@H]1[C@@H](C)CCC[C@@](O)(CN2CC(C)(C)C2)[C@@H]2CC[C@H]2CN2C[C@@]3(CCCc4cc(Cl)ccc43)COc3ccc(cc32)C(=O)NS1(=O)=O.C[C@@H]1[C@@H](C)CCC[C@](O)(CN2CC(C)(C)C2)[C@@H]2CC[C@H]2CN2C[C@@]3(CCCc4cc(Cl)ccc43)COc3ccc(cc32)C(=O)NS1(=O)=O. The summed E-state index contributed by atoms with van der Waals surface area (Å²) in [7, 11) is -11.8. The van der Waals surface area contributed by atoms with Crippen molar-refractivity contribution >= 4 is 99.7 Å². The summed E-state index contributed by atoms with van der Waals surface area (Å²) < 4.78 is 108. The quantitative estimate of drug-likeness (QED) is 0.0903. The van der Waals surface area contributed by atoms with Crippen molar-refractivity contribution < 1.29 is 69.2 Å². The number of ether oxygens (including phenoxy) is 3. The number of amides is 3. The predicted octanol–water partition coefficient (Wildman–Crippen LogP) is 18.5. The number of anilines is 3. The maximum absolute atomic E-state index is 13.5. The van der Waals surface area contributed by atoms with Crippen LogP contribution in [0.2, 0.25) is 15.1 Å². The topological polar surface area (TPSA) is 298 Å². The number of sulfonamides is 3. The van der Waals surface area contributed by atoms with Gasteiger partial charge in [-0.1, -0.05) is 135 Å². The van der Waals surface area contributed by atoms with Gasteiger partial charge in [-0.2, -0.15) is 0 Å². The van der Waals surface area contributed by atoms with E-state index in [1.807, 2.05) is 75.4 Å². The van der Waals surface area contributed by atoms with Crippen LogP contribution in [0, 0.1) is 69.5 Å². The number of nitrogens with zero attached hydrogens (tertiary/aromatic N) is 6. The van der Waals surface area contributed by atoms with E-state index in [2.05, 4.69) is 122 Å². The average Bonchev–Trinajstić information content (AvgIpc) is 1.53. The van der Waals surface area contributed by atoms with Gasteiger partial charge in [-0.15, -0.1) is 0 Å². The number of carbonyl (C=O) groups is 3. The molecule has 3 spiro atoms. The zero-order valence-corrected chi connectivity index (χ0v) is 91.5. The van der Waals surface area contributed by atoms with Crippen LogP contribution in [0.1, 0.15) is 282 Å². The maximum Gasteiger partial charge on any atom is 0.264 e. The third-order valence-corrected chi connectivity index (χ3v) is 43.8. The molecule has 6 fully saturated rings. The minimum Gasteiger partial charge on any atom is -0.490 e. The molecule has 9 aliphatic heterocycles. The van der Waals surface area contributed by atoms with Crippen LogP contribution in [-0.2, 0) is 65.6 Å². The van der Waals surface area contributed by atoms with Crippen molar-refractivity contribution in [3.63, 3.8) is 0 Å². The van der Waals surface area contributed by atoms with E-state index in [-0.39, 0.29) is 85.8 Å². The third kappa shape index (κ3) is 21.6. The molecule has 786 valence electrons. The summed E-state index contributed by atoms with van der Waals surface area (Å²) in [6, 6.07) is 34.6. The fourth-order valence-electron chi connectivity index (χ4n) is 28.9. The first-order valence-electron chi connectivity index (χ1n) is 54.0. The molecular weight excluding hydrogens is 1940 g/mol. The molecule has 0 radical (unpaired) electrons. The molecule has 144 heavy (non-hydrogen) atoms. The van der Waals surface area contributed by atoms with E-state index in [9.17, 15) is 55.0 Å². The van der Waals surface area contributed by atoms with Crippen molar-refractivity contribution in [1.82, 2.24) is 28.9 Å². The molecule has 3 saturated carbocycles. The minimum atomic E-state index is -3.93. The van der Waals surface area contributed by atoms with Crippen molar-refractivity contribution in [3.05, 3.63) is 174 Å². The summed E-state index contributed by atoms with van der Waals surface area (Å²) in [5.74, 6) is 0.978. The Labute approximate surface area is 871 Å². The summed E-state index contributed by atoms with van der Waals surface area (Å²) in [6.07, 6.45) is 21.1. The monoisotopic (exact) mass is 2090 g/mol. The molecule has 0 aromatic heterocycles. The molecule has 15 aliphatic rings. The standard InChI is InChI=1S/3C38H52ClN3O5S/c3*1-25-7-5-16-38(44,23-41-20-36(3,4)21-41)32-12-9-29(32)19-42-22-37(15-6-8-27-17-30(39)11-13-31(27)37)24-47-34-14-10-28(18-33(34)42)35(43)40-48(45,46)26(25)2/h3*10-11,13-14,17-18,25-26,29,32,44H,5-9,12,15-16,19-24H2,1-4H3,(H,40,43)/t2*25-,26+,29-,32+,37-,38+;25-,26+,29-,32+,37-,38-/m000/s1. The van der Waals surface area contributed by atoms with Crippen LogP contribution in [0.5, 0.6) is 17.2 Å². The van der Waals surface area contributed by atoms with Crippen LogP contribution in [0.4, 0.5) is 17.1 Å². The largest absolute Gasteiger partial charge is 0.490 e. The molecular formula is C114H156Cl3N9O15S3. The fourth-order valence-corrected chi connectivity index (χ4v) is 33.4. The first-order chi connectivity index (χ1) is 68.0. The Morgan fingerprint density at radius 1 is 0.340 bits per heavy atom. The van der Waals surface area contributed by atoms with Gasteiger partial charge in [-0.25, -0.2) is 39.4 Å². The lowest BCUT2D eigenvalue weighted by Gasteiger charge is -2.54. The second-order valence-electron chi connectivity index (χ2n) is 50.1. The van der Waals surface area contributed by atoms with Gasteiger partial charge in [0.05, 0.1) is 69.4 Å². The zero-order valence-electron chi connectivity index (χ0n) is 86.8. The van der Waals surface area contributed by atoms with E-state index < -0.39 is 80.3 Å². The van der Waals surface area contributed by atoms with Gasteiger partial charge >= 0.3 is 0 Å². The van der Waals surface area contributed by atoms with Gasteiger partial charge in [0.1, 0.15) is 17.2 Å². The molecule has 3 amide bonds. The Balaban J connectivity index is 0.000000137. The lowest BCUT2D eigenvalue weighted by Crippen LogP contribution is -2.62. The van der Waals surface area contributed by atoms with E-state index in [4.69, 9.17) is 49.0 Å².